The number of carbonyl (C=O) groups is 1. The van der Waals surface area contributed by atoms with E-state index in [0.29, 0.717) is 11.1 Å². The number of aliphatic carboxylic acids is 1. The van der Waals surface area contributed by atoms with Crippen LogP contribution in [0.4, 0.5) is 0 Å². The topological polar surface area (TPSA) is 77.8 Å². The number of benzene rings is 2. The molecule has 0 atom stereocenters. The second-order valence-corrected chi connectivity index (χ2v) is 5.03. The molecule has 0 saturated carbocycles. The summed E-state index contributed by atoms with van der Waals surface area (Å²) >= 11 is 3.26. The molecule has 0 unspecified atom stereocenters. The summed E-state index contributed by atoms with van der Waals surface area (Å²) in [6.07, 6.45) is 1.36. The Labute approximate surface area is 123 Å². The van der Waals surface area contributed by atoms with Crippen molar-refractivity contribution in [3.05, 3.63) is 58.1 Å². The van der Waals surface area contributed by atoms with E-state index in [4.69, 9.17) is 0 Å². The number of rotatable bonds is 3. The van der Waals surface area contributed by atoms with Gasteiger partial charge in [-0.15, -0.1) is 0 Å². The van der Waals surface area contributed by atoms with E-state index in [2.05, 4.69) is 15.9 Å². The minimum Gasteiger partial charge on any atom is -0.508 e. The third kappa shape index (κ3) is 3.19. The van der Waals surface area contributed by atoms with E-state index in [1.807, 2.05) is 0 Å². The molecule has 0 spiro atoms. The van der Waals surface area contributed by atoms with E-state index in [-0.39, 0.29) is 17.1 Å². The lowest BCUT2D eigenvalue weighted by molar-refractivity contribution is -0.130. The molecule has 0 heterocycles. The van der Waals surface area contributed by atoms with Crippen LogP contribution in [-0.4, -0.2) is 21.3 Å². The third-order valence-electron chi connectivity index (χ3n) is 2.68. The zero-order valence-corrected chi connectivity index (χ0v) is 11.8. The maximum atomic E-state index is 11.4. The average molecular weight is 335 g/mol. The van der Waals surface area contributed by atoms with Gasteiger partial charge in [0, 0.05) is 10.0 Å². The van der Waals surface area contributed by atoms with E-state index >= 15 is 0 Å². The molecular formula is C15H11BrO4. The van der Waals surface area contributed by atoms with Crippen molar-refractivity contribution in [2.24, 2.45) is 0 Å². The number of phenols is 2. The molecular weight excluding hydrogens is 324 g/mol. The molecule has 0 amide bonds. The summed E-state index contributed by atoms with van der Waals surface area (Å²) in [7, 11) is 0. The standard InChI is InChI=1S/C15H11BrO4/c16-11-4-5-14(18)10(6-11)8-13(15(19)20)9-2-1-3-12(17)7-9/h1-8,17-18H,(H,19,20)/b13-8-. The van der Waals surface area contributed by atoms with Crippen molar-refractivity contribution in [2.45, 2.75) is 0 Å². The lowest BCUT2D eigenvalue weighted by atomic mass is 10.0. The minimum atomic E-state index is -1.14. The van der Waals surface area contributed by atoms with E-state index in [1.165, 1.54) is 24.3 Å². The van der Waals surface area contributed by atoms with Gasteiger partial charge in [0.15, 0.2) is 0 Å². The van der Waals surface area contributed by atoms with Crippen LogP contribution in [0.3, 0.4) is 0 Å². The van der Waals surface area contributed by atoms with Crippen molar-refractivity contribution in [2.75, 3.05) is 0 Å². The number of aromatic hydroxyl groups is 2. The molecule has 0 saturated heterocycles. The predicted molar refractivity (Wildman–Crippen MR) is 79.4 cm³/mol. The molecule has 4 nitrogen and oxygen atoms in total. The molecule has 2 aromatic carbocycles. The lowest BCUT2D eigenvalue weighted by Crippen LogP contribution is -1.99. The predicted octanol–water partition coefficient (Wildman–Crippen LogP) is 3.49. The summed E-state index contributed by atoms with van der Waals surface area (Å²) in [6, 6.07) is 10.7. The molecule has 2 aromatic rings. The second kappa shape index (κ2) is 5.79. The first-order valence-electron chi connectivity index (χ1n) is 5.70. The van der Waals surface area contributed by atoms with Crippen molar-refractivity contribution in [3.63, 3.8) is 0 Å². The Kier molecular flexibility index (Phi) is 4.10. The van der Waals surface area contributed by atoms with Gasteiger partial charge in [-0.25, -0.2) is 4.79 Å². The maximum absolute atomic E-state index is 11.4. The Bertz CT molecular complexity index is 692. The van der Waals surface area contributed by atoms with Crippen LogP contribution in [0, 0.1) is 0 Å². The Morgan fingerprint density at radius 1 is 1.10 bits per heavy atom. The minimum absolute atomic E-state index is 0.0192. The molecule has 0 bridgehead atoms. The Morgan fingerprint density at radius 3 is 2.50 bits per heavy atom. The van der Waals surface area contributed by atoms with Crippen molar-refractivity contribution in [1.29, 1.82) is 0 Å². The first-order valence-corrected chi connectivity index (χ1v) is 6.49. The van der Waals surface area contributed by atoms with E-state index in [9.17, 15) is 20.1 Å². The number of halogens is 1. The van der Waals surface area contributed by atoms with Crippen LogP contribution in [0.5, 0.6) is 11.5 Å². The normalized spacial score (nSPS) is 11.3. The van der Waals surface area contributed by atoms with Crippen LogP contribution < -0.4 is 0 Å². The SMILES string of the molecule is O=C(O)/C(=C\c1cc(Br)ccc1O)c1cccc(O)c1. The van der Waals surface area contributed by atoms with Crippen molar-refractivity contribution >= 4 is 33.5 Å². The van der Waals surface area contributed by atoms with E-state index < -0.39 is 5.97 Å². The van der Waals surface area contributed by atoms with Crippen LogP contribution >= 0.6 is 15.9 Å². The van der Waals surface area contributed by atoms with Gasteiger partial charge in [0.2, 0.25) is 0 Å². The zero-order valence-electron chi connectivity index (χ0n) is 10.2. The fraction of sp³-hybridized carbons (Fsp3) is 0. The highest BCUT2D eigenvalue weighted by molar-refractivity contribution is 9.10. The first-order chi connectivity index (χ1) is 9.47. The molecule has 0 aliphatic rings. The van der Waals surface area contributed by atoms with Gasteiger partial charge in [-0.2, -0.15) is 0 Å². The first kappa shape index (κ1) is 14.1. The van der Waals surface area contributed by atoms with Gasteiger partial charge in [-0.1, -0.05) is 28.1 Å². The smallest absolute Gasteiger partial charge is 0.336 e. The molecule has 2 rings (SSSR count). The third-order valence-corrected chi connectivity index (χ3v) is 3.17. The zero-order chi connectivity index (χ0) is 14.7. The Morgan fingerprint density at radius 2 is 1.85 bits per heavy atom. The number of carboxylic acids is 1. The van der Waals surface area contributed by atoms with Crippen molar-refractivity contribution in [1.82, 2.24) is 0 Å². The number of carboxylic acid groups (broad SMARTS) is 1. The molecule has 5 heteroatoms. The van der Waals surface area contributed by atoms with Crippen LogP contribution in [0.25, 0.3) is 11.6 Å². The Balaban J connectivity index is 2.56. The van der Waals surface area contributed by atoms with Gasteiger partial charge in [0.1, 0.15) is 11.5 Å². The Hall–Kier alpha value is -2.27. The molecule has 0 radical (unpaired) electrons. The van der Waals surface area contributed by atoms with Gasteiger partial charge in [-0.05, 0) is 42.0 Å². The van der Waals surface area contributed by atoms with Gasteiger partial charge in [0.25, 0.3) is 0 Å². The summed E-state index contributed by atoms with van der Waals surface area (Å²) < 4.78 is 0.724. The fourth-order valence-electron chi connectivity index (χ4n) is 1.74. The lowest BCUT2D eigenvalue weighted by Gasteiger charge is -2.05. The summed E-state index contributed by atoms with van der Waals surface area (Å²) in [4.78, 5) is 11.4. The van der Waals surface area contributed by atoms with Gasteiger partial charge >= 0.3 is 5.97 Å². The van der Waals surface area contributed by atoms with E-state index in [1.54, 1.807) is 24.3 Å². The molecule has 0 aliphatic heterocycles. The summed E-state index contributed by atoms with van der Waals surface area (Å²) in [5.74, 6) is -1.19. The second-order valence-electron chi connectivity index (χ2n) is 4.12. The largest absolute Gasteiger partial charge is 0.508 e. The van der Waals surface area contributed by atoms with E-state index in [0.717, 1.165) is 4.47 Å². The number of phenolic OH excluding ortho intramolecular Hbond substituents is 2. The maximum Gasteiger partial charge on any atom is 0.336 e. The highest BCUT2D eigenvalue weighted by Gasteiger charge is 2.12. The summed E-state index contributed by atoms with van der Waals surface area (Å²) in [5.41, 5.74) is 0.714. The average Bonchev–Trinajstić information content (AvgIpc) is 2.39. The highest BCUT2D eigenvalue weighted by Crippen LogP contribution is 2.28. The summed E-state index contributed by atoms with van der Waals surface area (Å²) in [5, 5.41) is 28.5. The number of hydrogen-bond donors (Lipinski definition) is 3. The van der Waals surface area contributed by atoms with Crippen LogP contribution in [-0.2, 0) is 4.79 Å². The highest BCUT2D eigenvalue weighted by atomic mass is 79.9. The van der Waals surface area contributed by atoms with Gasteiger partial charge in [-0.3, -0.25) is 0 Å². The molecule has 20 heavy (non-hydrogen) atoms. The molecule has 3 N–H and O–H groups in total. The van der Waals surface area contributed by atoms with Crippen molar-refractivity contribution in [3.8, 4) is 11.5 Å². The van der Waals surface area contributed by atoms with Crippen molar-refractivity contribution < 1.29 is 20.1 Å². The fourth-order valence-corrected chi connectivity index (χ4v) is 2.12. The molecule has 0 aliphatic carbocycles. The van der Waals surface area contributed by atoms with Crippen LogP contribution in [0.1, 0.15) is 11.1 Å². The molecule has 102 valence electrons. The summed E-state index contributed by atoms with van der Waals surface area (Å²) in [6.45, 7) is 0. The van der Waals surface area contributed by atoms with Crippen LogP contribution in [0.2, 0.25) is 0 Å². The molecule has 0 fully saturated rings. The molecule has 0 aromatic heterocycles. The van der Waals surface area contributed by atoms with Crippen LogP contribution in [0.15, 0.2) is 46.9 Å². The monoisotopic (exact) mass is 334 g/mol. The quantitative estimate of drug-likeness (QED) is 0.593. The number of hydrogen-bond acceptors (Lipinski definition) is 3. The van der Waals surface area contributed by atoms with Gasteiger partial charge < -0.3 is 15.3 Å². The van der Waals surface area contributed by atoms with Gasteiger partial charge in [0.05, 0.1) is 5.57 Å².